The van der Waals surface area contributed by atoms with Crippen molar-refractivity contribution in [1.82, 2.24) is 25.1 Å². The first-order valence-electron chi connectivity index (χ1n) is 9.17. The van der Waals surface area contributed by atoms with Crippen LogP contribution < -0.4 is 10.2 Å². The Morgan fingerprint density at radius 1 is 0.966 bits per heavy atom. The molecule has 4 rings (SSSR count). The molecule has 29 heavy (non-hydrogen) atoms. The second kappa shape index (κ2) is 8.77. The number of aromatic nitrogens is 4. The Labute approximate surface area is 178 Å². The molecular weight excluding hydrogens is 413 g/mol. The van der Waals surface area contributed by atoms with E-state index in [4.69, 9.17) is 23.2 Å². The van der Waals surface area contributed by atoms with E-state index in [1.807, 2.05) is 30.3 Å². The number of hydrogen-bond donors (Lipinski definition) is 1. The Bertz CT molecular complexity index is 967. The fourth-order valence-corrected chi connectivity index (χ4v) is 3.71. The minimum atomic E-state index is -0.150. The van der Waals surface area contributed by atoms with Crippen LogP contribution in [0.2, 0.25) is 10.0 Å². The van der Waals surface area contributed by atoms with Gasteiger partial charge in [0.2, 0.25) is 11.9 Å². The zero-order valence-electron chi connectivity index (χ0n) is 15.5. The molecule has 1 saturated heterocycles. The summed E-state index contributed by atoms with van der Waals surface area (Å²) in [7, 11) is 0. The minimum absolute atomic E-state index is 0.150. The molecule has 0 unspecified atom stereocenters. The second-order valence-electron chi connectivity index (χ2n) is 6.63. The molecule has 2 aromatic carbocycles. The number of anilines is 2. The standard InChI is InChI=1S/C19H19Cl2N7O/c20-15-7-4-8-16(21)18(15)22-17(29)13-26-9-11-27(12-10-26)19-23-24-25-28(19)14-5-2-1-3-6-14/h1-8H,9-13H2,(H,22,29). The van der Waals surface area contributed by atoms with Crippen LogP contribution in [0.15, 0.2) is 48.5 Å². The van der Waals surface area contributed by atoms with E-state index in [9.17, 15) is 4.79 Å². The number of rotatable bonds is 5. The van der Waals surface area contributed by atoms with Crippen LogP contribution in [0.4, 0.5) is 11.6 Å². The molecule has 1 N–H and O–H groups in total. The number of para-hydroxylation sites is 2. The molecule has 1 aliphatic rings. The van der Waals surface area contributed by atoms with Crippen LogP contribution in [0.3, 0.4) is 0 Å². The third-order valence-corrected chi connectivity index (χ3v) is 5.33. The van der Waals surface area contributed by atoms with Crippen LogP contribution >= 0.6 is 23.2 Å². The first-order chi connectivity index (χ1) is 14.1. The van der Waals surface area contributed by atoms with Crippen LogP contribution in [-0.4, -0.2) is 63.7 Å². The normalized spacial score (nSPS) is 14.8. The van der Waals surface area contributed by atoms with Gasteiger partial charge in [-0.05, 0) is 34.7 Å². The van der Waals surface area contributed by atoms with Crippen molar-refractivity contribution in [2.45, 2.75) is 0 Å². The van der Waals surface area contributed by atoms with Crippen LogP contribution in [-0.2, 0) is 4.79 Å². The van der Waals surface area contributed by atoms with Gasteiger partial charge in [-0.3, -0.25) is 9.69 Å². The summed E-state index contributed by atoms with van der Waals surface area (Å²) in [6.45, 7) is 3.12. The Morgan fingerprint density at radius 2 is 1.66 bits per heavy atom. The Hall–Kier alpha value is -2.68. The maximum atomic E-state index is 12.4. The first kappa shape index (κ1) is 19.6. The molecule has 10 heteroatoms. The number of carbonyl (C=O) groups excluding carboxylic acids is 1. The maximum Gasteiger partial charge on any atom is 0.250 e. The zero-order chi connectivity index (χ0) is 20.2. The van der Waals surface area contributed by atoms with Crippen molar-refractivity contribution in [3.05, 3.63) is 58.6 Å². The van der Waals surface area contributed by atoms with Crippen molar-refractivity contribution in [1.29, 1.82) is 0 Å². The summed E-state index contributed by atoms with van der Waals surface area (Å²) in [4.78, 5) is 16.6. The van der Waals surface area contributed by atoms with Crippen molar-refractivity contribution in [2.24, 2.45) is 0 Å². The monoisotopic (exact) mass is 431 g/mol. The minimum Gasteiger partial charge on any atom is -0.337 e. The molecule has 8 nitrogen and oxygen atoms in total. The number of benzene rings is 2. The van der Waals surface area contributed by atoms with Gasteiger partial charge in [-0.2, -0.15) is 4.68 Å². The third kappa shape index (κ3) is 4.50. The van der Waals surface area contributed by atoms with Gasteiger partial charge in [0, 0.05) is 26.2 Å². The van der Waals surface area contributed by atoms with E-state index in [0.717, 1.165) is 5.69 Å². The molecule has 0 atom stereocenters. The molecule has 0 bridgehead atoms. The third-order valence-electron chi connectivity index (χ3n) is 4.70. The van der Waals surface area contributed by atoms with Crippen LogP contribution in [0.25, 0.3) is 5.69 Å². The predicted octanol–water partition coefficient (Wildman–Crippen LogP) is 2.73. The molecule has 0 radical (unpaired) electrons. The molecule has 1 aliphatic heterocycles. The number of halogens is 2. The van der Waals surface area contributed by atoms with Crippen molar-refractivity contribution in [2.75, 3.05) is 42.9 Å². The van der Waals surface area contributed by atoms with Gasteiger partial charge in [0.1, 0.15) is 0 Å². The number of amides is 1. The maximum absolute atomic E-state index is 12.4. The highest BCUT2D eigenvalue weighted by atomic mass is 35.5. The molecule has 3 aromatic rings. The Morgan fingerprint density at radius 3 is 2.34 bits per heavy atom. The van der Waals surface area contributed by atoms with Crippen LogP contribution in [0, 0.1) is 0 Å². The number of piperazine rings is 1. The molecule has 2 heterocycles. The lowest BCUT2D eigenvalue weighted by Crippen LogP contribution is -2.49. The van der Waals surface area contributed by atoms with E-state index >= 15 is 0 Å². The molecule has 1 aromatic heterocycles. The van der Waals surface area contributed by atoms with E-state index < -0.39 is 0 Å². The molecule has 150 valence electrons. The van der Waals surface area contributed by atoms with E-state index in [-0.39, 0.29) is 12.5 Å². The predicted molar refractivity (Wildman–Crippen MR) is 113 cm³/mol. The summed E-state index contributed by atoms with van der Waals surface area (Å²) in [5, 5.41) is 15.7. The lowest BCUT2D eigenvalue weighted by atomic mass is 10.3. The number of nitrogens with one attached hydrogen (secondary N) is 1. The molecular formula is C19H19Cl2N7O. The quantitative estimate of drug-likeness (QED) is 0.668. The van der Waals surface area contributed by atoms with Gasteiger partial charge in [0.15, 0.2) is 0 Å². The number of nitrogens with zero attached hydrogens (tertiary/aromatic N) is 6. The molecule has 1 fully saturated rings. The number of tetrazole rings is 1. The fourth-order valence-electron chi connectivity index (χ4n) is 3.22. The van der Waals surface area contributed by atoms with Gasteiger partial charge in [-0.25, -0.2) is 0 Å². The first-order valence-corrected chi connectivity index (χ1v) is 9.92. The summed E-state index contributed by atoms with van der Waals surface area (Å²) in [6.07, 6.45) is 0. The Kier molecular flexibility index (Phi) is 5.94. The average molecular weight is 432 g/mol. The van der Waals surface area contributed by atoms with Crippen molar-refractivity contribution in [3.63, 3.8) is 0 Å². The van der Waals surface area contributed by atoms with Gasteiger partial charge in [0.05, 0.1) is 28.0 Å². The number of hydrogen-bond acceptors (Lipinski definition) is 6. The summed E-state index contributed by atoms with van der Waals surface area (Å²) >= 11 is 12.2. The molecule has 0 aliphatic carbocycles. The largest absolute Gasteiger partial charge is 0.337 e. The lowest BCUT2D eigenvalue weighted by molar-refractivity contribution is -0.117. The van der Waals surface area contributed by atoms with Gasteiger partial charge < -0.3 is 10.2 Å². The van der Waals surface area contributed by atoms with E-state index in [2.05, 4.69) is 30.6 Å². The number of carbonyl (C=O) groups is 1. The average Bonchev–Trinajstić information content (AvgIpc) is 3.22. The highest BCUT2D eigenvalue weighted by Gasteiger charge is 2.23. The summed E-state index contributed by atoms with van der Waals surface area (Å²) in [5.41, 5.74) is 1.35. The fraction of sp³-hybridized carbons (Fsp3) is 0.263. The van der Waals surface area contributed by atoms with Crippen LogP contribution in [0.1, 0.15) is 0 Å². The lowest BCUT2D eigenvalue weighted by Gasteiger charge is -2.34. The molecule has 1 amide bonds. The van der Waals surface area contributed by atoms with Gasteiger partial charge in [0.25, 0.3) is 0 Å². The van der Waals surface area contributed by atoms with E-state index in [1.54, 1.807) is 22.9 Å². The topological polar surface area (TPSA) is 79.2 Å². The van der Waals surface area contributed by atoms with Crippen molar-refractivity contribution < 1.29 is 4.79 Å². The molecule has 0 spiro atoms. The van der Waals surface area contributed by atoms with Gasteiger partial charge >= 0.3 is 0 Å². The summed E-state index contributed by atoms with van der Waals surface area (Å²) in [5.74, 6) is 0.547. The second-order valence-corrected chi connectivity index (χ2v) is 7.45. The summed E-state index contributed by atoms with van der Waals surface area (Å²) in [6, 6.07) is 14.9. The van der Waals surface area contributed by atoms with Crippen LogP contribution in [0.5, 0.6) is 0 Å². The van der Waals surface area contributed by atoms with Gasteiger partial charge in [-0.15, -0.1) is 0 Å². The van der Waals surface area contributed by atoms with Gasteiger partial charge in [-0.1, -0.05) is 52.6 Å². The highest BCUT2D eigenvalue weighted by Crippen LogP contribution is 2.29. The van der Waals surface area contributed by atoms with E-state index in [0.29, 0.717) is 47.9 Å². The smallest absolute Gasteiger partial charge is 0.250 e. The molecule has 0 saturated carbocycles. The zero-order valence-corrected chi connectivity index (χ0v) is 17.0. The highest BCUT2D eigenvalue weighted by molar-refractivity contribution is 6.39. The van der Waals surface area contributed by atoms with E-state index in [1.165, 1.54) is 0 Å². The Balaban J connectivity index is 1.35. The SMILES string of the molecule is O=C(CN1CCN(c2nnnn2-c2ccccc2)CC1)Nc1c(Cl)cccc1Cl. The summed E-state index contributed by atoms with van der Waals surface area (Å²) < 4.78 is 1.72. The van der Waals surface area contributed by atoms with Crippen molar-refractivity contribution >= 4 is 40.7 Å². The van der Waals surface area contributed by atoms with Crippen molar-refractivity contribution in [3.8, 4) is 5.69 Å².